The second-order valence-electron chi connectivity index (χ2n) is 7.47. The van der Waals surface area contributed by atoms with Crippen molar-refractivity contribution in [3.63, 3.8) is 0 Å². The molecule has 1 aromatic carbocycles. The van der Waals surface area contributed by atoms with E-state index in [1.54, 1.807) is 12.3 Å². The van der Waals surface area contributed by atoms with Crippen LogP contribution in [0.5, 0.6) is 0 Å². The predicted molar refractivity (Wildman–Crippen MR) is 98.0 cm³/mol. The van der Waals surface area contributed by atoms with Crippen molar-refractivity contribution in [2.24, 2.45) is 5.92 Å². The molecule has 2 aromatic rings. The molecule has 1 aromatic heterocycles. The van der Waals surface area contributed by atoms with Gasteiger partial charge in [-0.05, 0) is 55.9 Å². The van der Waals surface area contributed by atoms with Gasteiger partial charge in [0.05, 0.1) is 12.1 Å². The Morgan fingerprint density at radius 1 is 1.23 bits per heavy atom. The standard InChI is InChI=1S/C20H23N3O3/c24-19(25)12-23(11-13-3-4-13)17-9-16(10-17)22-20(26)15-5-6-18-14(8-15)2-1-7-21-18/h1-2,5-8,13,16-17H,3-4,9-12H2,(H,22,26)(H,24,25). The first kappa shape index (κ1) is 17.0. The fourth-order valence-corrected chi connectivity index (χ4v) is 3.64. The third kappa shape index (κ3) is 3.85. The number of carbonyl (C=O) groups is 2. The van der Waals surface area contributed by atoms with Gasteiger partial charge < -0.3 is 10.4 Å². The molecule has 2 N–H and O–H groups in total. The monoisotopic (exact) mass is 353 g/mol. The number of rotatable bonds is 7. The van der Waals surface area contributed by atoms with Gasteiger partial charge in [0, 0.05) is 35.8 Å². The van der Waals surface area contributed by atoms with Gasteiger partial charge in [0.15, 0.2) is 0 Å². The normalized spacial score (nSPS) is 22.2. The van der Waals surface area contributed by atoms with Gasteiger partial charge in [-0.1, -0.05) is 6.07 Å². The van der Waals surface area contributed by atoms with Gasteiger partial charge >= 0.3 is 5.97 Å². The van der Waals surface area contributed by atoms with E-state index in [1.807, 2.05) is 24.3 Å². The van der Waals surface area contributed by atoms with Crippen molar-refractivity contribution in [1.82, 2.24) is 15.2 Å². The van der Waals surface area contributed by atoms with Crippen molar-refractivity contribution >= 4 is 22.8 Å². The van der Waals surface area contributed by atoms with Crippen LogP contribution in [-0.2, 0) is 4.79 Å². The van der Waals surface area contributed by atoms with Crippen LogP contribution in [0.15, 0.2) is 36.5 Å². The van der Waals surface area contributed by atoms with Gasteiger partial charge in [-0.15, -0.1) is 0 Å². The van der Waals surface area contributed by atoms with Crippen LogP contribution in [0.2, 0.25) is 0 Å². The van der Waals surface area contributed by atoms with E-state index in [0.29, 0.717) is 11.5 Å². The molecule has 1 amide bonds. The lowest BCUT2D eigenvalue weighted by Crippen LogP contribution is -2.55. The number of hydrogen-bond acceptors (Lipinski definition) is 4. The van der Waals surface area contributed by atoms with Crippen molar-refractivity contribution in [2.45, 2.75) is 37.8 Å². The summed E-state index contributed by atoms with van der Waals surface area (Å²) in [5.41, 5.74) is 1.51. The first-order valence-electron chi connectivity index (χ1n) is 9.20. The number of fused-ring (bicyclic) bond motifs is 1. The van der Waals surface area contributed by atoms with Gasteiger partial charge in [-0.3, -0.25) is 19.5 Å². The van der Waals surface area contributed by atoms with E-state index in [-0.39, 0.29) is 24.5 Å². The molecule has 136 valence electrons. The van der Waals surface area contributed by atoms with E-state index in [4.69, 9.17) is 5.11 Å². The number of nitrogens with zero attached hydrogens (tertiary/aromatic N) is 2. The molecule has 1 heterocycles. The lowest BCUT2D eigenvalue weighted by molar-refractivity contribution is -0.139. The number of aliphatic carboxylic acids is 1. The molecule has 0 atom stereocenters. The molecule has 6 nitrogen and oxygen atoms in total. The molecular weight excluding hydrogens is 330 g/mol. The molecule has 0 aliphatic heterocycles. The number of hydrogen-bond donors (Lipinski definition) is 2. The van der Waals surface area contributed by atoms with Crippen molar-refractivity contribution in [1.29, 1.82) is 0 Å². The van der Waals surface area contributed by atoms with Crippen molar-refractivity contribution in [3.8, 4) is 0 Å². The molecule has 2 fully saturated rings. The summed E-state index contributed by atoms with van der Waals surface area (Å²) < 4.78 is 0. The molecule has 6 heteroatoms. The summed E-state index contributed by atoms with van der Waals surface area (Å²) in [4.78, 5) is 29.9. The molecule has 4 rings (SSSR count). The molecule has 2 aliphatic carbocycles. The highest BCUT2D eigenvalue weighted by molar-refractivity contribution is 5.98. The quantitative estimate of drug-likeness (QED) is 0.798. The largest absolute Gasteiger partial charge is 0.480 e. The average Bonchev–Trinajstić information content (AvgIpc) is 3.40. The van der Waals surface area contributed by atoms with E-state index in [1.165, 1.54) is 12.8 Å². The fourth-order valence-electron chi connectivity index (χ4n) is 3.64. The SMILES string of the molecule is O=C(O)CN(CC1CC1)C1CC(NC(=O)c2ccc3ncccc3c2)C1. The Labute approximate surface area is 152 Å². The van der Waals surface area contributed by atoms with E-state index in [2.05, 4.69) is 15.2 Å². The summed E-state index contributed by atoms with van der Waals surface area (Å²) in [6.45, 7) is 0.967. The third-order valence-corrected chi connectivity index (χ3v) is 5.36. The molecule has 0 unspecified atom stereocenters. The van der Waals surface area contributed by atoms with Crippen LogP contribution in [0.1, 0.15) is 36.0 Å². The Bertz CT molecular complexity index is 828. The zero-order valence-corrected chi connectivity index (χ0v) is 14.6. The zero-order chi connectivity index (χ0) is 18.1. The van der Waals surface area contributed by atoms with E-state index in [9.17, 15) is 9.59 Å². The second kappa shape index (κ2) is 7.03. The van der Waals surface area contributed by atoms with Crippen LogP contribution in [-0.4, -0.2) is 52.0 Å². The Morgan fingerprint density at radius 3 is 2.77 bits per heavy atom. The summed E-state index contributed by atoms with van der Waals surface area (Å²) in [6, 6.07) is 9.70. The van der Waals surface area contributed by atoms with Gasteiger partial charge in [0.1, 0.15) is 0 Å². The first-order valence-corrected chi connectivity index (χ1v) is 9.20. The van der Waals surface area contributed by atoms with Crippen LogP contribution in [0.4, 0.5) is 0 Å². The first-order chi connectivity index (χ1) is 12.6. The van der Waals surface area contributed by atoms with Gasteiger partial charge in [0.2, 0.25) is 0 Å². The smallest absolute Gasteiger partial charge is 0.317 e. The van der Waals surface area contributed by atoms with Crippen LogP contribution >= 0.6 is 0 Å². The van der Waals surface area contributed by atoms with Crippen molar-refractivity contribution in [3.05, 3.63) is 42.1 Å². The lowest BCUT2D eigenvalue weighted by Gasteiger charge is -2.42. The number of aromatic nitrogens is 1. The molecule has 2 saturated carbocycles. The topological polar surface area (TPSA) is 82.5 Å². The summed E-state index contributed by atoms with van der Waals surface area (Å²) in [5, 5.41) is 13.1. The van der Waals surface area contributed by atoms with Crippen LogP contribution in [0, 0.1) is 5.92 Å². The lowest BCUT2D eigenvalue weighted by atomic mass is 9.85. The predicted octanol–water partition coefficient (Wildman–Crippen LogP) is 2.29. The number of pyridine rings is 1. The number of carboxylic acid groups (broad SMARTS) is 1. The van der Waals surface area contributed by atoms with Crippen LogP contribution in [0.3, 0.4) is 0 Å². The number of carboxylic acids is 1. The van der Waals surface area contributed by atoms with E-state index < -0.39 is 5.97 Å². The number of nitrogens with one attached hydrogen (secondary N) is 1. The second-order valence-corrected chi connectivity index (χ2v) is 7.47. The van der Waals surface area contributed by atoms with Crippen LogP contribution in [0.25, 0.3) is 10.9 Å². The molecule has 0 radical (unpaired) electrons. The molecular formula is C20H23N3O3. The summed E-state index contributed by atoms with van der Waals surface area (Å²) in [6.07, 6.45) is 5.79. The maximum absolute atomic E-state index is 12.5. The molecule has 26 heavy (non-hydrogen) atoms. The minimum Gasteiger partial charge on any atom is -0.480 e. The maximum atomic E-state index is 12.5. The zero-order valence-electron chi connectivity index (χ0n) is 14.6. The molecule has 0 bridgehead atoms. The Balaban J connectivity index is 1.33. The summed E-state index contributed by atoms with van der Waals surface area (Å²) >= 11 is 0. The highest BCUT2D eigenvalue weighted by atomic mass is 16.4. The average molecular weight is 353 g/mol. The number of amides is 1. The van der Waals surface area contributed by atoms with Gasteiger partial charge in [-0.25, -0.2) is 0 Å². The summed E-state index contributed by atoms with van der Waals surface area (Å²) in [5.74, 6) is -0.191. The molecule has 2 aliphatic rings. The maximum Gasteiger partial charge on any atom is 0.317 e. The Morgan fingerprint density at radius 2 is 2.04 bits per heavy atom. The molecule has 0 spiro atoms. The summed E-state index contributed by atoms with van der Waals surface area (Å²) in [7, 11) is 0. The fraction of sp³-hybridized carbons (Fsp3) is 0.450. The van der Waals surface area contributed by atoms with Gasteiger partial charge in [0.25, 0.3) is 5.91 Å². The number of carbonyl (C=O) groups excluding carboxylic acids is 1. The highest BCUT2D eigenvalue weighted by Gasteiger charge is 2.37. The third-order valence-electron chi connectivity index (χ3n) is 5.36. The van der Waals surface area contributed by atoms with Crippen molar-refractivity contribution < 1.29 is 14.7 Å². The van der Waals surface area contributed by atoms with E-state index in [0.717, 1.165) is 30.3 Å². The minimum atomic E-state index is -0.775. The van der Waals surface area contributed by atoms with Gasteiger partial charge in [-0.2, -0.15) is 0 Å². The van der Waals surface area contributed by atoms with Crippen LogP contribution < -0.4 is 5.32 Å². The Kier molecular flexibility index (Phi) is 4.59. The van der Waals surface area contributed by atoms with E-state index >= 15 is 0 Å². The Hall–Kier alpha value is -2.47. The minimum absolute atomic E-state index is 0.0776. The number of benzene rings is 1. The molecule has 0 saturated heterocycles. The van der Waals surface area contributed by atoms with Crippen molar-refractivity contribution in [2.75, 3.05) is 13.1 Å². The highest BCUT2D eigenvalue weighted by Crippen LogP contribution is 2.33.